The summed E-state index contributed by atoms with van der Waals surface area (Å²) in [5.41, 5.74) is 1.12. The van der Waals surface area contributed by atoms with Gasteiger partial charge in [0.05, 0.1) is 6.20 Å². The number of aliphatic hydroxyl groups is 1. The molecule has 0 amide bonds. The molecule has 0 saturated carbocycles. The summed E-state index contributed by atoms with van der Waals surface area (Å²) in [6, 6.07) is 1.61. The van der Waals surface area contributed by atoms with Gasteiger partial charge in [-0.15, -0.1) is 0 Å². The van der Waals surface area contributed by atoms with Gasteiger partial charge in [0.2, 0.25) is 0 Å². The Labute approximate surface area is 82.8 Å². The highest BCUT2D eigenvalue weighted by Crippen LogP contribution is 2.04. The lowest BCUT2D eigenvalue weighted by molar-refractivity contribution is 0.290. The van der Waals surface area contributed by atoms with E-state index in [1.807, 2.05) is 0 Å². The minimum Gasteiger partial charge on any atom is -0.396 e. The van der Waals surface area contributed by atoms with Gasteiger partial charge < -0.3 is 5.11 Å². The van der Waals surface area contributed by atoms with Crippen LogP contribution in [0.15, 0.2) is 12.3 Å². The number of aryl methyl sites for hydroxylation is 1. The first-order valence-electron chi connectivity index (χ1n) is 4.46. The summed E-state index contributed by atoms with van der Waals surface area (Å²) < 4.78 is 12.8. The summed E-state index contributed by atoms with van der Waals surface area (Å²) in [6.07, 6.45) is 2.47. The number of aliphatic hydroxyl groups excluding tert-OH is 1. The Balaban J connectivity index is 2.66. The van der Waals surface area contributed by atoms with E-state index in [4.69, 9.17) is 5.11 Å². The smallest absolute Gasteiger partial charge is 0.144 e. The standard InChI is InChI=1S/C11H12FNO/c1-9-7-10(13-8-11(9)12)5-3-2-4-6-14/h7-8,14H,2,4,6H2,1H3. The minimum atomic E-state index is -0.314. The third-order valence-corrected chi connectivity index (χ3v) is 1.72. The zero-order chi connectivity index (χ0) is 10.4. The molecule has 0 bridgehead atoms. The molecule has 0 radical (unpaired) electrons. The molecule has 2 nitrogen and oxygen atoms in total. The molecule has 0 saturated heterocycles. The quantitative estimate of drug-likeness (QED) is 0.572. The first-order chi connectivity index (χ1) is 6.74. The highest BCUT2D eigenvalue weighted by Gasteiger charge is 1.96. The van der Waals surface area contributed by atoms with Crippen molar-refractivity contribution in [1.82, 2.24) is 4.98 Å². The van der Waals surface area contributed by atoms with E-state index in [-0.39, 0.29) is 12.4 Å². The SMILES string of the molecule is Cc1cc(C#CCCCO)ncc1F. The molecule has 0 fully saturated rings. The molecule has 0 aromatic carbocycles. The van der Waals surface area contributed by atoms with E-state index in [2.05, 4.69) is 16.8 Å². The van der Waals surface area contributed by atoms with Gasteiger partial charge in [0.25, 0.3) is 0 Å². The van der Waals surface area contributed by atoms with Crippen LogP contribution in [0.4, 0.5) is 4.39 Å². The van der Waals surface area contributed by atoms with E-state index >= 15 is 0 Å². The fraction of sp³-hybridized carbons (Fsp3) is 0.364. The molecule has 1 N–H and O–H groups in total. The Morgan fingerprint density at radius 1 is 1.57 bits per heavy atom. The summed E-state index contributed by atoms with van der Waals surface area (Å²) in [7, 11) is 0. The third-order valence-electron chi connectivity index (χ3n) is 1.72. The zero-order valence-corrected chi connectivity index (χ0v) is 8.05. The predicted octanol–water partition coefficient (Wildman–Crippen LogP) is 1.65. The summed E-state index contributed by atoms with van der Waals surface area (Å²) in [4.78, 5) is 3.83. The fourth-order valence-electron chi connectivity index (χ4n) is 0.928. The number of hydrogen-bond acceptors (Lipinski definition) is 2. The lowest BCUT2D eigenvalue weighted by Crippen LogP contribution is -1.88. The van der Waals surface area contributed by atoms with Crippen LogP contribution in [0.1, 0.15) is 24.1 Å². The Morgan fingerprint density at radius 2 is 2.36 bits per heavy atom. The average molecular weight is 193 g/mol. The molecule has 0 aliphatic rings. The van der Waals surface area contributed by atoms with Gasteiger partial charge in [-0.1, -0.05) is 5.92 Å². The monoisotopic (exact) mass is 193 g/mol. The van der Waals surface area contributed by atoms with E-state index in [1.165, 1.54) is 6.20 Å². The molecule has 0 aliphatic heterocycles. The van der Waals surface area contributed by atoms with E-state index in [0.717, 1.165) is 0 Å². The molecular formula is C11H12FNO. The maximum atomic E-state index is 12.8. The fourth-order valence-corrected chi connectivity index (χ4v) is 0.928. The average Bonchev–Trinajstić information content (AvgIpc) is 2.18. The van der Waals surface area contributed by atoms with Crippen LogP contribution in [-0.4, -0.2) is 16.7 Å². The molecule has 1 aromatic rings. The van der Waals surface area contributed by atoms with Crippen molar-refractivity contribution in [3.8, 4) is 11.8 Å². The van der Waals surface area contributed by atoms with E-state index in [1.54, 1.807) is 13.0 Å². The number of unbranched alkanes of at least 4 members (excludes halogenated alkanes) is 1. The van der Waals surface area contributed by atoms with Gasteiger partial charge in [-0.25, -0.2) is 9.37 Å². The minimum absolute atomic E-state index is 0.143. The van der Waals surface area contributed by atoms with Crippen molar-refractivity contribution in [2.45, 2.75) is 19.8 Å². The van der Waals surface area contributed by atoms with Gasteiger partial charge in [-0.2, -0.15) is 0 Å². The van der Waals surface area contributed by atoms with Gasteiger partial charge >= 0.3 is 0 Å². The van der Waals surface area contributed by atoms with E-state index in [0.29, 0.717) is 24.1 Å². The van der Waals surface area contributed by atoms with Crippen molar-refractivity contribution in [3.05, 3.63) is 29.3 Å². The van der Waals surface area contributed by atoms with Gasteiger partial charge in [0.1, 0.15) is 11.5 Å². The van der Waals surface area contributed by atoms with Crippen molar-refractivity contribution in [3.63, 3.8) is 0 Å². The van der Waals surface area contributed by atoms with Crippen LogP contribution in [-0.2, 0) is 0 Å². The van der Waals surface area contributed by atoms with Crippen molar-refractivity contribution in [2.75, 3.05) is 6.61 Å². The molecule has 74 valence electrons. The van der Waals surface area contributed by atoms with Gasteiger partial charge in [-0.3, -0.25) is 0 Å². The largest absolute Gasteiger partial charge is 0.396 e. The highest BCUT2D eigenvalue weighted by molar-refractivity contribution is 5.30. The second-order valence-electron chi connectivity index (χ2n) is 2.95. The van der Waals surface area contributed by atoms with E-state index < -0.39 is 0 Å². The maximum Gasteiger partial charge on any atom is 0.144 e. The first kappa shape index (κ1) is 10.7. The molecule has 0 aliphatic carbocycles. The molecule has 1 rings (SSSR count). The predicted molar refractivity (Wildman–Crippen MR) is 52.1 cm³/mol. The molecule has 1 aromatic heterocycles. The highest BCUT2D eigenvalue weighted by atomic mass is 19.1. The normalized spacial score (nSPS) is 9.36. The number of halogens is 1. The Bertz CT molecular complexity index is 365. The van der Waals surface area contributed by atoms with Gasteiger partial charge in [0.15, 0.2) is 0 Å². The van der Waals surface area contributed by atoms with Crippen LogP contribution in [0.2, 0.25) is 0 Å². The number of rotatable bonds is 2. The molecule has 14 heavy (non-hydrogen) atoms. The molecule has 0 spiro atoms. The summed E-state index contributed by atoms with van der Waals surface area (Å²) in [6.45, 7) is 1.82. The first-order valence-corrected chi connectivity index (χ1v) is 4.46. The van der Waals surface area contributed by atoms with Crippen LogP contribution in [0.3, 0.4) is 0 Å². The summed E-state index contributed by atoms with van der Waals surface area (Å²) in [5, 5.41) is 8.51. The second kappa shape index (κ2) is 5.36. The topological polar surface area (TPSA) is 33.1 Å². The lowest BCUT2D eigenvalue weighted by atomic mass is 10.2. The van der Waals surface area contributed by atoms with Crippen LogP contribution >= 0.6 is 0 Å². The zero-order valence-electron chi connectivity index (χ0n) is 8.05. The molecule has 0 atom stereocenters. The van der Waals surface area contributed by atoms with Crippen LogP contribution in [0, 0.1) is 24.6 Å². The number of aromatic nitrogens is 1. The molecular weight excluding hydrogens is 181 g/mol. The van der Waals surface area contributed by atoms with Gasteiger partial charge in [0, 0.05) is 13.0 Å². The molecule has 3 heteroatoms. The number of nitrogens with zero attached hydrogens (tertiary/aromatic N) is 1. The van der Waals surface area contributed by atoms with E-state index in [9.17, 15) is 4.39 Å². The number of pyridine rings is 1. The second-order valence-corrected chi connectivity index (χ2v) is 2.95. The molecule has 1 heterocycles. The van der Waals surface area contributed by atoms with Crippen molar-refractivity contribution >= 4 is 0 Å². The van der Waals surface area contributed by atoms with Crippen molar-refractivity contribution < 1.29 is 9.50 Å². The van der Waals surface area contributed by atoms with Crippen LogP contribution in [0.25, 0.3) is 0 Å². The lowest BCUT2D eigenvalue weighted by Gasteiger charge is -1.94. The summed E-state index contributed by atoms with van der Waals surface area (Å²) >= 11 is 0. The van der Waals surface area contributed by atoms with Crippen LogP contribution in [0.5, 0.6) is 0 Å². The number of hydrogen-bond donors (Lipinski definition) is 1. The Morgan fingerprint density at radius 3 is 3.00 bits per heavy atom. The van der Waals surface area contributed by atoms with Crippen molar-refractivity contribution in [1.29, 1.82) is 0 Å². The maximum absolute atomic E-state index is 12.8. The van der Waals surface area contributed by atoms with Crippen LogP contribution < -0.4 is 0 Å². The summed E-state index contributed by atoms with van der Waals surface area (Å²) in [5.74, 6) is 5.35. The van der Waals surface area contributed by atoms with Crippen molar-refractivity contribution in [2.24, 2.45) is 0 Å². The third kappa shape index (κ3) is 3.15. The Hall–Kier alpha value is -1.40. The molecule has 0 unspecified atom stereocenters. The van der Waals surface area contributed by atoms with Gasteiger partial charge in [-0.05, 0) is 30.9 Å². The Kier molecular flexibility index (Phi) is 4.09.